The Kier molecular flexibility index (Phi) is 27.7. The van der Waals surface area contributed by atoms with Crippen LogP contribution >= 0.6 is 34.8 Å². The van der Waals surface area contributed by atoms with Crippen LogP contribution in [0.4, 0.5) is 31.4 Å². The second kappa shape index (κ2) is 33.8. The number of benzene rings is 3. The van der Waals surface area contributed by atoms with Crippen molar-refractivity contribution < 1.29 is 89.3 Å². The number of carbonyl (C=O) groups excluding carboxylic acids is 3. The van der Waals surface area contributed by atoms with E-state index in [1.807, 2.05) is 18.2 Å². The van der Waals surface area contributed by atoms with E-state index in [1.54, 1.807) is 18.8 Å². The summed E-state index contributed by atoms with van der Waals surface area (Å²) < 4.78 is 94.9. The van der Waals surface area contributed by atoms with Gasteiger partial charge in [0.15, 0.2) is 46.8 Å². The minimum Gasteiger partial charge on any atom is -0.504 e. The van der Waals surface area contributed by atoms with Crippen LogP contribution in [0, 0.1) is 7.43 Å². The van der Waals surface area contributed by atoms with Gasteiger partial charge in [-0.3, -0.25) is 0 Å². The number of hydrogen-bond acceptors (Lipinski definition) is 18. The number of sulfone groups is 3. The molecule has 94 heavy (non-hydrogen) atoms. The molecule has 3 aliphatic heterocycles. The summed E-state index contributed by atoms with van der Waals surface area (Å²) in [4.78, 5) is 36.6. The van der Waals surface area contributed by atoms with Crippen molar-refractivity contribution in [1.29, 1.82) is 0 Å². The largest absolute Gasteiger partial charge is 0.504 e. The molecule has 12 N–H and O–H groups in total. The first-order valence-corrected chi connectivity index (χ1v) is 35.7. The number of aryl methyl sites for hydroxylation is 3. The Morgan fingerprint density at radius 1 is 0.426 bits per heavy atom. The van der Waals surface area contributed by atoms with Crippen molar-refractivity contribution in [2.24, 2.45) is 0 Å². The van der Waals surface area contributed by atoms with Crippen molar-refractivity contribution >= 4 is 99.5 Å². The van der Waals surface area contributed by atoms with Gasteiger partial charge in [0.25, 0.3) is 0 Å². The zero-order valence-electron chi connectivity index (χ0n) is 50.2. The number of phenols is 3. The van der Waals surface area contributed by atoms with Crippen LogP contribution in [0.3, 0.4) is 0 Å². The number of rotatable bonds is 12. The second-order valence-corrected chi connectivity index (χ2v) is 30.6. The number of piperidine rings is 3. The quantitative estimate of drug-likeness (QED) is 0.0400. The Balaban J connectivity index is 0.000000219. The molecule has 6 atom stereocenters. The Bertz CT molecular complexity index is 3550. The average molecular weight is 1590 g/mol. The van der Waals surface area contributed by atoms with Gasteiger partial charge in [-0.2, -0.15) is 0 Å². The molecule has 6 aliphatic rings. The van der Waals surface area contributed by atoms with E-state index in [0.717, 1.165) is 131 Å². The second-order valence-electron chi connectivity index (χ2n) is 22.9. The van der Waals surface area contributed by atoms with Gasteiger partial charge in [0.1, 0.15) is 32.0 Å². The topological polar surface area (TPSA) is 362 Å². The summed E-state index contributed by atoms with van der Waals surface area (Å²) in [5.41, 5.74) is 3.14. The van der Waals surface area contributed by atoms with Crippen molar-refractivity contribution in [2.45, 2.75) is 160 Å². The number of fused-ring (bicyclic) bond motifs is 3. The average Bonchev–Trinajstić information content (AvgIpc) is 1.15. The molecule has 31 heteroatoms. The summed E-state index contributed by atoms with van der Waals surface area (Å²) in [6.45, 7) is 3.15. The van der Waals surface area contributed by atoms with Crippen molar-refractivity contribution in [3.05, 3.63) is 130 Å². The molecule has 6 aromatic rings. The maximum Gasteiger partial charge on any atom is 0.319 e. The molecular formula is C63H83Cl3N9O15S3W-. The molecule has 6 heterocycles. The summed E-state index contributed by atoms with van der Waals surface area (Å²) in [6, 6.07) is 11.4. The Morgan fingerprint density at radius 2 is 0.691 bits per heavy atom. The van der Waals surface area contributed by atoms with Gasteiger partial charge in [-0.05, 0) is 187 Å². The van der Waals surface area contributed by atoms with Gasteiger partial charge in [-0.15, -0.1) is 0 Å². The number of carbonyl (C=O) groups is 3. The van der Waals surface area contributed by atoms with E-state index < -0.39 is 80.6 Å². The smallest absolute Gasteiger partial charge is 0.319 e. The summed E-state index contributed by atoms with van der Waals surface area (Å²) in [6.07, 6.45) is 16.1. The van der Waals surface area contributed by atoms with Crippen molar-refractivity contribution in [3.63, 3.8) is 0 Å². The fourth-order valence-electron chi connectivity index (χ4n) is 12.3. The van der Waals surface area contributed by atoms with Crippen LogP contribution in [0.2, 0.25) is 15.1 Å². The Morgan fingerprint density at radius 3 is 0.936 bits per heavy atom. The van der Waals surface area contributed by atoms with E-state index in [1.165, 1.54) is 36.4 Å². The summed E-state index contributed by atoms with van der Waals surface area (Å²) >= 11 is 18.4. The molecule has 3 aromatic heterocycles. The summed E-state index contributed by atoms with van der Waals surface area (Å²) in [5.74, 6) is 0.529. The van der Waals surface area contributed by atoms with E-state index in [0.29, 0.717) is 38.9 Å². The van der Waals surface area contributed by atoms with Crippen LogP contribution in [0.1, 0.15) is 144 Å². The molecule has 0 saturated carbocycles. The molecule has 3 fully saturated rings. The van der Waals surface area contributed by atoms with Gasteiger partial charge in [-0.1, -0.05) is 49.7 Å². The van der Waals surface area contributed by atoms with Crippen LogP contribution in [0.5, 0.6) is 17.2 Å². The van der Waals surface area contributed by atoms with Crippen LogP contribution in [0.25, 0.3) is 0 Å². The fourth-order valence-corrected chi connectivity index (χ4v) is 19.4. The van der Waals surface area contributed by atoms with Crippen molar-refractivity contribution in [3.8, 4) is 17.2 Å². The Hall–Kier alpha value is -6.00. The number of halogens is 3. The zero-order valence-corrected chi connectivity index (χ0v) is 57.9. The van der Waals surface area contributed by atoms with Crippen molar-refractivity contribution in [2.75, 3.05) is 55.2 Å². The number of anilines is 3. The van der Waals surface area contributed by atoms with Gasteiger partial charge in [0.05, 0.1) is 84.8 Å². The molecule has 3 aromatic carbocycles. The number of phenolic OH excluding ortho intramolecular Hbond substituents is 3. The zero-order chi connectivity index (χ0) is 63.9. The normalized spacial score (nSPS) is 20.7. The monoisotopic (exact) mass is 1590 g/mol. The standard InChI is InChI=1S/3C20H24ClN3O5S.2CH4.CH3.W/c3*21-14-6-7-15(17(25)19(14)30(27,28)13-4-2-9-22-11-13)23-20(26)24-16-5-1-3-12-8-10-29-18(12)16;;;;/h3*6-8,10,13,16,22,25H,1-5,9,11H2,(H2,23,24,26);2*1H4;1H3;/q;;;;;-1;/t13-,16?;13-,16+;13-,16-;;;;/m000..../s1. The predicted molar refractivity (Wildman–Crippen MR) is 358 cm³/mol. The first kappa shape index (κ1) is 77.0. The van der Waals surface area contributed by atoms with Gasteiger partial charge in [0.2, 0.25) is 0 Å². The van der Waals surface area contributed by atoms with Crippen molar-refractivity contribution in [1.82, 2.24) is 31.9 Å². The minimum atomic E-state index is -3.87. The number of amides is 6. The number of aromatic hydroxyl groups is 3. The molecule has 0 radical (unpaired) electrons. The van der Waals surface area contributed by atoms with E-state index in [-0.39, 0.29) is 108 Å². The van der Waals surface area contributed by atoms with Crippen LogP contribution < -0.4 is 47.9 Å². The molecule has 3 aliphatic carbocycles. The van der Waals surface area contributed by atoms with Gasteiger partial charge in [0, 0.05) is 40.7 Å². The molecule has 1 unspecified atom stereocenters. The molecule has 3 saturated heterocycles. The maximum absolute atomic E-state index is 13.1. The number of nitrogens with one attached hydrogen (secondary N) is 9. The van der Waals surface area contributed by atoms with E-state index in [9.17, 15) is 55.0 Å². The third-order valence-corrected chi connectivity index (χ3v) is 25.0. The Labute approximate surface area is 578 Å². The predicted octanol–water partition coefficient (Wildman–Crippen LogP) is 11.8. The first-order valence-electron chi connectivity index (χ1n) is 29.9. The van der Waals surface area contributed by atoms with Gasteiger partial charge < -0.3 is 83.8 Å². The molecule has 0 bridgehead atoms. The first-order chi connectivity index (χ1) is 43.1. The maximum atomic E-state index is 13.1. The van der Waals surface area contributed by atoms with Gasteiger partial charge in [-0.25, -0.2) is 39.6 Å². The van der Waals surface area contributed by atoms with E-state index in [4.69, 9.17) is 48.1 Å². The van der Waals surface area contributed by atoms with Gasteiger partial charge >= 0.3 is 18.1 Å². The summed E-state index contributed by atoms with van der Waals surface area (Å²) in [7, 11) is -11.6. The third-order valence-electron chi connectivity index (χ3n) is 16.9. The number of hydrogen-bond donors (Lipinski definition) is 12. The number of furan rings is 3. The van der Waals surface area contributed by atoms with E-state index in [2.05, 4.69) is 47.9 Å². The molecule has 6 amide bonds. The van der Waals surface area contributed by atoms with E-state index >= 15 is 0 Å². The van der Waals surface area contributed by atoms with Crippen LogP contribution in [0.15, 0.2) is 101 Å². The molecule has 0 spiro atoms. The molecule has 12 rings (SSSR count). The molecule has 516 valence electrons. The minimum absolute atomic E-state index is 0. The van der Waals surface area contributed by atoms with Crippen LogP contribution in [-0.4, -0.2) is 114 Å². The van der Waals surface area contributed by atoms with Crippen LogP contribution in [-0.2, 0) is 69.8 Å². The molecular weight excluding hydrogens is 1510 g/mol. The number of urea groups is 3. The fraction of sp³-hybridized carbons (Fsp3) is 0.460. The third kappa shape index (κ3) is 17.4. The summed E-state index contributed by atoms with van der Waals surface area (Å²) in [5, 5.41) is 55.0. The SMILES string of the molecule is C.C.O=C(Nc1ccc(Cl)c(S(=O)(=O)[C@H]2CCCNC2)c1O)NC1CCCc2ccoc21.O=C(Nc1ccc(Cl)c(S(=O)(=O)[C@H]2CCCNC2)c1O)N[C@@H]1CCCc2ccoc21.O=C(Nc1ccc(Cl)c(S(=O)(=O)[C@H]2CCCNC2)c1O)N[C@H]1CCCc2ccoc21.[CH3-].[W]. The molecule has 24 nitrogen and oxygen atoms in total.